The Balaban J connectivity index is 2.30. The number of aliphatic hydroxyl groups excluding tert-OH is 2. The van der Waals surface area contributed by atoms with Crippen molar-refractivity contribution in [3.63, 3.8) is 0 Å². The van der Waals surface area contributed by atoms with Gasteiger partial charge in [0.2, 0.25) is 0 Å². The standard InChI is InChI=1S/C8H16NO2/c10-6-8(7-11)9-4-2-1-3-5-9/h1,8,10-11H,2-7H2. The van der Waals surface area contributed by atoms with E-state index in [0.717, 1.165) is 25.9 Å². The number of aliphatic hydroxyl groups is 2. The van der Waals surface area contributed by atoms with Crippen LogP contribution < -0.4 is 0 Å². The molecule has 0 aliphatic carbocycles. The third kappa shape index (κ3) is 2.43. The number of hydrogen-bond donors (Lipinski definition) is 2. The largest absolute Gasteiger partial charge is 0.395 e. The first-order valence-corrected chi connectivity index (χ1v) is 4.16. The fourth-order valence-corrected chi connectivity index (χ4v) is 1.42. The summed E-state index contributed by atoms with van der Waals surface area (Å²) in [5.74, 6) is 0. The van der Waals surface area contributed by atoms with E-state index in [0.29, 0.717) is 0 Å². The Morgan fingerprint density at radius 2 is 1.73 bits per heavy atom. The SMILES string of the molecule is OCC(CO)N1CC[CH]CC1. The second-order valence-electron chi connectivity index (χ2n) is 2.92. The van der Waals surface area contributed by atoms with E-state index in [2.05, 4.69) is 11.3 Å². The van der Waals surface area contributed by atoms with E-state index in [1.807, 2.05) is 0 Å². The highest BCUT2D eigenvalue weighted by Gasteiger charge is 2.18. The summed E-state index contributed by atoms with van der Waals surface area (Å²) in [6.45, 7) is 2.09. The van der Waals surface area contributed by atoms with Gasteiger partial charge in [-0.1, -0.05) is 0 Å². The summed E-state index contributed by atoms with van der Waals surface area (Å²) >= 11 is 0. The monoisotopic (exact) mass is 158 g/mol. The molecule has 1 radical (unpaired) electrons. The smallest absolute Gasteiger partial charge is 0.0609 e. The maximum absolute atomic E-state index is 8.87. The van der Waals surface area contributed by atoms with Crippen molar-refractivity contribution in [2.45, 2.75) is 18.9 Å². The summed E-state index contributed by atoms with van der Waals surface area (Å²) in [4.78, 5) is 2.14. The molecular formula is C8H16NO2. The molecule has 65 valence electrons. The fourth-order valence-electron chi connectivity index (χ4n) is 1.42. The lowest BCUT2D eigenvalue weighted by atomic mass is 10.1. The van der Waals surface area contributed by atoms with Gasteiger partial charge >= 0.3 is 0 Å². The molecule has 1 heterocycles. The molecule has 0 aromatic rings. The summed E-state index contributed by atoms with van der Waals surface area (Å²) in [5.41, 5.74) is 0. The first-order valence-electron chi connectivity index (χ1n) is 4.16. The topological polar surface area (TPSA) is 43.7 Å². The van der Waals surface area contributed by atoms with E-state index in [-0.39, 0.29) is 19.3 Å². The lowest BCUT2D eigenvalue weighted by Crippen LogP contribution is -2.43. The number of hydrogen-bond acceptors (Lipinski definition) is 3. The van der Waals surface area contributed by atoms with Crippen molar-refractivity contribution < 1.29 is 10.2 Å². The zero-order valence-electron chi connectivity index (χ0n) is 6.74. The van der Waals surface area contributed by atoms with Crippen molar-refractivity contribution in [1.29, 1.82) is 0 Å². The lowest BCUT2D eigenvalue weighted by Gasteiger charge is -2.32. The zero-order chi connectivity index (χ0) is 8.10. The molecule has 0 bridgehead atoms. The van der Waals surface area contributed by atoms with Gasteiger partial charge in [-0.3, -0.25) is 4.90 Å². The fraction of sp³-hybridized carbons (Fsp3) is 0.875. The maximum Gasteiger partial charge on any atom is 0.0609 e. The third-order valence-corrected chi connectivity index (χ3v) is 2.18. The molecule has 2 N–H and O–H groups in total. The molecule has 0 amide bonds. The Bertz CT molecular complexity index is 98.3. The van der Waals surface area contributed by atoms with Crippen LogP contribution in [-0.2, 0) is 0 Å². The Morgan fingerprint density at radius 3 is 2.18 bits per heavy atom. The van der Waals surface area contributed by atoms with Gasteiger partial charge in [0.15, 0.2) is 0 Å². The third-order valence-electron chi connectivity index (χ3n) is 2.18. The van der Waals surface area contributed by atoms with Crippen LogP contribution in [0.5, 0.6) is 0 Å². The predicted octanol–water partition coefficient (Wildman–Crippen LogP) is -0.360. The van der Waals surface area contributed by atoms with Crippen LogP contribution in [0.2, 0.25) is 0 Å². The second-order valence-corrected chi connectivity index (χ2v) is 2.92. The number of likely N-dealkylation sites (tertiary alicyclic amines) is 1. The normalized spacial score (nSPS) is 21.0. The number of nitrogens with zero attached hydrogens (tertiary/aromatic N) is 1. The van der Waals surface area contributed by atoms with Gasteiger partial charge < -0.3 is 10.2 Å². The van der Waals surface area contributed by atoms with Gasteiger partial charge in [0.1, 0.15) is 0 Å². The van der Waals surface area contributed by atoms with Gasteiger partial charge in [-0.05, 0) is 32.4 Å². The second kappa shape index (κ2) is 4.70. The van der Waals surface area contributed by atoms with E-state index < -0.39 is 0 Å². The summed E-state index contributed by atoms with van der Waals surface area (Å²) in [6.07, 6.45) is 4.41. The lowest BCUT2D eigenvalue weighted by molar-refractivity contribution is 0.0680. The number of rotatable bonds is 3. The molecule has 3 nitrogen and oxygen atoms in total. The van der Waals surface area contributed by atoms with Crippen molar-refractivity contribution in [2.75, 3.05) is 26.3 Å². The van der Waals surface area contributed by atoms with E-state index in [9.17, 15) is 0 Å². The quantitative estimate of drug-likeness (QED) is 0.589. The van der Waals surface area contributed by atoms with E-state index >= 15 is 0 Å². The van der Waals surface area contributed by atoms with Crippen molar-refractivity contribution >= 4 is 0 Å². The first-order chi connectivity index (χ1) is 5.38. The summed E-state index contributed by atoms with van der Waals surface area (Å²) in [7, 11) is 0. The molecule has 3 heteroatoms. The zero-order valence-corrected chi connectivity index (χ0v) is 6.74. The molecular weight excluding hydrogens is 142 g/mol. The average Bonchev–Trinajstić information content (AvgIpc) is 2.09. The van der Waals surface area contributed by atoms with Crippen LogP contribution >= 0.6 is 0 Å². The highest BCUT2D eigenvalue weighted by atomic mass is 16.3. The Labute approximate surface area is 67.6 Å². The summed E-state index contributed by atoms with van der Waals surface area (Å²) in [5, 5.41) is 17.7. The highest BCUT2D eigenvalue weighted by Crippen LogP contribution is 2.10. The first kappa shape index (κ1) is 8.97. The summed E-state index contributed by atoms with van der Waals surface area (Å²) in [6, 6.07) is -0.0382. The molecule has 0 spiro atoms. The summed E-state index contributed by atoms with van der Waals surface area (Å²) < 4.78 is 0. The molecule has 1 saturated heterocycles. The minimum atomic E-state index is -0.0382. The molecule has 1 rings (SSSR count). The average molecular weight is 158 g/mol. The molecule has 0 saturated carbocycles. The molecule has 1 aliphatic heterocycles. The minimum Gasteiger partial charge on any atom is -0.395 e. The van der Waals surface area contributed by atoms with Crippen molar-refractivity contribution in [2.24, 2.45) is 0 Å². The van der Waals surface area contributed by atoms with E-state index in [1.54, 1.807) is 0 Å². The molecule has 11 heavy (non-hydrogen) atoms. The van der Waals surface area contributed by atoms with E-state index in [1.165, 1.54) is 0 Å². The Morgan fingerprint density at radius 1 is 1.18 bits per heavy atom. The maximum atomic E-state index is 8.87. The van der Waals surface area contributed by atoms with Gasteiger partial charge in [0.25, 0.3) is 0 Å². The van der Waals surface area contributed by atoms with Crippen LogP contribution in [-0.4, -0.2) is 47.5 Å². The molecule has 0 atom stereocenters. The van der Waals surface area contributed by atoms with Crippen LogP contribution in [0.15, 0.2) is 0 Å². The molecule has 1 fully saturated rings. The van der Waals surface area contributed by atoms with Gasteiger partial charge in [0.05, 0.1) is 19.3 Å². The molecule has 0 unspecified atom stereocenters. The van der Waals surface area contributed by atoms with E-state index in [4.69, 9.17) is 10.2 Å². The van der Waals surface area contributed by atoms with Crippen LogP contribution in [0.1, 0.15) is 12.8 Å². The predicted molar refractivity (Wildman–Crippen MR) is 43.1 cm³/mol. The van der Waals surface area contributed by atoms with Crippen LogP contribution in [0.4, 0.5) is 0 Å². The van der Waals surface area contributed by atoms with Crippen molar-refractivity contribution in [3.8, 4) is 0 Å². The van der Waals surface area contributed by atoms with Gasteiger partial charge in [-0.2, -0.15) is 0 Å². The van der Waals surface area contributed by atoms with Gasteiger partial charge in [0, 0.05) is 0 Å². The van der Waals surface area contributed by atoms with Crippen LogP contribution in [0.25, 0.3) is 0 Å². The van der Waals surface area contributed by atoms with Gasteiger partial charge in [-0.15, -0.1) is 0 Å². The van der Waals surface area contributed by atoms with Gasteiger partial charge in [-0.25, -0.2) is 0 Å². The van der Waals surface area contributed by atoms with Crippen LogP contribution in [0.3, 0.4) is 0 Å². The Hall–Kier alpha value is -0.120. The molecule has 0 aromatic heterocycles. The Kier molecular flexibility index (Phi) is 3.83. The molecule has 0 aromatic carbocycles. The highest BCUT2D eigenvalue weighted by molar-refractivity contribution is 4.80. The minimum absolute atomic E-state index is 0.0382. The van der Waals surface area contributed by atoms with Crippen molar-refractivity contribution in [3.05, 3.63) is 6.42 Å². The molecule has 1 aliphatic rings. The van der Waals surface area contributed by atoms with Crippen molar-refractivity contribution in [1.82, 2.24) is 4.90 Å². The number of piperidine rings is 1. The van der Waals surface area contributed by atoms with Crippen LogP contribution in [0, 0.1) is 6.42 Å².